The molecule has 2 aromatic rings. The third kappa shape index (κ3) is 2.38. The molecule has 0 spiro atoms. The average Bonchev–Trinajstić information content (AvgIpc) is 2.30. The Morgan fingerprint density at radius 3 is 2.22 bits per heavy atom. The van der Waals surface area contributed by atoms with Crippen molar-refractivity contribution >= 4 is 0 Å². The van der Waals surface area contributed by atoms with Crippen LogP contribution in [0.4, 0.5) is 13.2 Å². The van der Waals surface area contributed by atoms with Crippen molar-refractivity contribution in [3.8, 4) is 11.1 Å². The van der Waals surface area contributed by atoms with Crippen LogP contribution in [0.1, 0.15) is 18.5 Å². The highest BCUT2D eigenvalue weighted by Gasteiger charge is 2.12. The molecule has 4 heteroatoms. The first-order valence-electron chi connectivity index (χ1n) is 5.49. The molecule has 0 bridgehead atoms. The Morgan fingerprint density at radius 1 is 0.889 bits per heavy atom. The molecular weight excluding hydrogens is 239 g/mol. The van der Waals surface area contributed by atoms with Crippen molar-refractivity contribution in [3.05, 3.63) is 59.4 Å². The molecule has 0 aliphatic heterocycles. The third-order valence-electron chi connectivity index (χ3n) is 2.74. The average molecular weight is 251 g/mol. The van der Waals surface area contributed by atoms with Gasteiger partial charge in [-0.25, -0.2) is 13.2 Å². The zero-order valence-electron chi connectivity index (χ0n) is 9.75. The SMILES string of the molecule is CC(N)c1ccc(F)c(-c2ccc(F)cc2F)c1. The smallest absolute Gasteiger partial charge is 0.134 e. The molecule has 0 aliphatic carbocycles. The van der Waals surface area contributed by atoms with Crippen LogP contribution in [0.2, 0.25) is 0 Å². The zero-order valence-corrected chi connectivity index (χ0v) is 9.75. The normalized spacial score (nSPS) is 12.5. The molecule has 2 rings (SSSR count). The molecule has 94 valence electrons. The van der Waals surface area contributed by atoms with Crippen molar-refractivity contribution in [1.82, 2.24) is 0 Å². The van der Waals surface area contributed by atoms with E-state index in [0.29, 0.717) is 5.56 Å². The van der Waals surface area contributed by atoms with Gasteiger partial charge in [-0.1, -0.05) is 6.07 Å². The molecule has 1 unspecified atom stereocenters. The number of nitrogens with two attached hydrogens (primary N) is 1. The number of rotatable bonds is 2. The molecule has 0 aliphatic rings. The second-order valence-corrected chi connectivity index (χ2v) is 4.15. The Bertz CT molecular complexity index is 579. The summed E-state index contributed by atoms with van der Waals surface area (Å²) in [6, 6.07) is 7.02. The Morgan fingerprint density at radius 2 is 1.61 bits per heavy atom. The van der Waals surface area contributed by atoms with E-state index in [1.54, 1.807) is 13.0 Å². The zero-order chi connectivity index (χ0) is 13.3. The number of hydrogen-bond donors (Lipinski definition) is 1. The highest BCUT2D eigenvalue weighted by atomic mass is 19.1. The van der Waals surface area contributed by atoms with Crippen molar-refractivity contribution in [3.63, 3.8) is 0 Å². The Balaban J connectivity index is 2.59. The molecule has 0 aromatic heterocycles. The van der Waals surface area contributed by atoms with Crippen molar-refractivity contribution in [1.29, 1.82) is 0 Å². The molecule has 18 heavy (non-hydrogen) atoms. The molecule has 0 radical (unpaired) electrons. The predicted molar refractivity (Wildman–Crippen MR) is 64.4 cm³/mol. The monoisotopic (exact) mass is 251 g/mol. The van der Waals surface area contributed by atoms with Crippen LogP contribution in [-0.2, 0) is 0 Å². The van der Waals surface area contributed by atoms with E-state index in [0.717, 1.165) is 12.1 Å². The molecule has 0 saturated carbocycles. The summed E-state index contributed by atoms with van der Waals surface area (Å²) in [5.41, 5.74) is 6.50. The summed E-state index contributed by atoms with van der Waals surface area (Å²) in [5.74, 6) is -2.05. The Labute approximate surface area is 103 Å². The fourth-order valence-electron chi connectivity index (χ4n) is 1.74. The van der Waals surface area contributed by atoms with E-state index in [1.807, 2.05) is 0 Å². The summed E-state index contributed by atoms with van der Waals surface area (Å²) in [5, 5.41) is 0. The van der Waals surface area contributed by atoms with Gasteiger partial charge in [-0.3, -0.25) is 0 Å². The third-order valence-corrected chi connectivity index (χ3v) is 2.74. The Kier molecular flexibility index (Phi) is 3.39. The maximum Gasteiger partial charge on any atom is 0.134 e. The molecule has 2 N–H and O–H groups in total. The predicted octanol–water partition coefficient (Wildman–Crippen LogP) is 3.79. The van der Waals surface area contributed by atoms with Gasteiger partial charge in [0.2, 0.25) is 0 Å². The van der Waals surface area contributed by atoms with Gasteiger partial charge in [0.15, 0.2) is 0 Å². The lowest BCUT2D eigenvalue weighted by atomic mass is 9.99. The highest BCUT2D eigenvalue weighted by Crippen LogP contribution is 2.28. The summed E-state index contributed by atoms with van der Waals surface area (Å²) in [7, 11) is 0. The molecule has 2 aromatic carbocycles. The van der Waals surface area contributed by atoms with Gasteiger partial charge in [0.05, 0.1) is 0 Å². The minimum Gasteiger partial charge on any atom is -0.324 e. The first-order chi connectivity index (χ1) is 8.49. The molecule has 0 amide bonds. The summed E-state index contributed by atoms with van der Waals surface area (Å²) in [4.78, 5) is 0. The lowest BCUT2D eigenvalue weighted by Crippen LogP contribution is -2.05. The van der Waals surface area contributed by atoms with Crippen molar-refractivity contribution in [2.45, 2.75) is 13.0 Å². The molecular formula is C14H12F3N. The van der Waals surface area contributed by atoms with Crippen molar-refractivity contribution in [2.24, 2.45) is 5.73 Å². The van der Waals surface area contributed by atoms with E-state index in [4.69, 9.17) is 5.73 Å². The number of hydrogen-bond acceptors (Lipinski definition) is 1. The van der Waals surface area contributed by atoms with E-state index < -0.39 is 17.5 Å². The van der Waals surface area contributed by atoms with Crippen LogP contribution in [0.25, 0.3) is 11.1 Å². The van der Waals surface area contributed by atoms with E-state index in [9.17, 15) is 13.2 Å². The second-order valence-electron chi connectivity index (χ2n) is 4.15. The maximum absolute atomic E-state index is 13.7. The summed E-state index contributed by atoms with van der Waals surface area (Å²) >= 11 is 0. The molecule has 0 fully saturated rings. The minimum absolute atomic E-state index is 0.0244. The summed E-state index contributed by atoms with van der Waals surface area (Å²) < 4.78 is 40.1. The minimum atomic E-state index is -0.796. The Hall–Kier alpha value is -1.81. The molecule has 1 atom stereocenters. The topological polar surface area (TPSA) is 26.0 Å². The first kappa shape index (κ1) is 12.6. The largest absolute Gasteiger partial charge is 0.324 e. The van der Waals surface area contributed by atoms with Crippen LogP contribution < -0.4 is 5.73 Å². The molecule has 0 heterocycles. The molecule has 0 saturated heterocycles. The lowest BCUT2D eigenvalue weighted by Gasteiger charge is -2.10. The van der Waals surface area contributed by atoms with Gasteiger partial charge >= 0.3 is 0 Å². The van der Waals surface area contributed by atoms with Gasteiger partial charge in [-0.2, -0.15) is 0 Å². The van der Waals surface area contributed by atoms with Crippen molar-refractivity contribution in [2.75, 3.05) is 0 Å². The fourth-order valence-corrected chi connectivity index (χ4v) is 1.74. The van der Waals surface area contributed by atoms with Crippen LogP contribution >= 0.6 is 0 Å². The van der Waals surface area contributed by atoms with Crippen LogP contribution in [0.5, 0.6) is 0 Å². The molecule has 1 nitrogen and oxygen atoms in total. The van der Waals surface area contributed by atoms with Crippen LogP contribution in [0.15, 0.2) is 36.4 Å². The van der Waals surface area contributed by atoms with Crippen LogP contribution in [0.3, 0.4) is 0 Å². The first-order valence-corrected chi connectivity index (χ1v) is 5.49. The van der Waals surface area contributed by atoms with Gasteiger partial charge in [0.1, 0.15) is 17.5 Å². The quantitative estimate of drug-likeness (QED) is 0.863. The lowest BCUT2D eigenvalue weighted by molar-refractivity contribution is 0.582. The van der Waals surface area contributed by atoms with Gasteiger partial charge in [-0.05, 0) is 36.8 Å². The van der Waals surface area contributed by atoms with Crippen LogP contribution in [0, 0.1) is 17.5 Å². The maximum atomic E-state index is 13.7. The van der Waals surface area contributed by atoms with E-state index >= 15 is 0 Å². The van der Waals surface area contributed by atoms with E-state index in [2.05, 4.69) is 0 Å². The fraction of sp³-hybridized carbons (Fsp3) is 0.143. The second kappa shape index (κ2) is 4.82. The number of benzene rings is 2. The van der Waals surface area contributed by atoms with E-state index in [1.165, 1.54) is 18.2 Å². The summed E-state index contributed by atoms with van der Waals surface area (Å²) in [6.45, 7) is 1.75. The van der Waals surface area contributed by atoms with Crippen molar-refractivity contribution < 1.29 is 13.2 Å². The standard InChI is InChI=1S/C14H12F3N/c1-8(18)9-2-5-13(16)12(6-9)11-4-3-10(15)7-14(11)17/h2-8H,18H2,1H3. The van der Waals surface area contributed by atoms with Gasteiger partial charge in [0.25, 0.3) is 0 Å². The van der Waals surface area contributed by atoms with Crippen LogP contribution in [-0.4, -0.2) is 0 Å². The number of halogens is 3. The van der Waals surface area contributed by atoms with Gasteiger partial charge in [-0.15, -0.1) is 0 Å². The summed E-state index contributed by atoms with van der Waals surface area (Å²) in [6.07, 6.45) is 0. The van der Waals surface area contributed by atoms with E-state index in [-0.39, 0.29) is 17.2 Å². The van der Waals surface area contributed by atoms with Gasteiger partial charge < -0.3 is 5.73 Å². The van der Waals surface area contributed by atoms with Gasteiger partial charge in [0, 0.05) is 23.2 Å². The highest BCUT2D eigenvalue weighted by molar-refractivity contribution is 5.65.